The van der Waals surface area contributed by atoms with Gasteiger partial charge in [-0.05, 0) is 18.6 Å². The fraction of sp³-hybridized carbons (Fsp3) is 0.0909. The molecular weight excluding hydrogens is 245 g/mol. The Morgan fingerprint density at radius 1 is 1.17 bits per heavy atom. The maximum atomic E-state index is 13.7. The summed E-state index contributed by atoms with van der Waals surface area (Å²) in [5.41, 5.74) is 5.01. The highest BCUT2D eigenvalue weighted by Crippen LogP contribution is 2.25. The molecule has 1 aromatic heterocycles. The molecule has 18 heavy (non-hydrogen) atoms. The Hall–Kier alpha value is -2.31. The van der Waals surface area contributed by atoms with E-state index in [4.69, 9.17) is 5.73 Å². The third-order valence-corrected chi connectivity index (χ3v) is 2.29. The highest BCUT2D eigenvalue weighted by atomic mass is 19.1. The minimum atomic E-state index is -0.857. The van der Waals surface area contributed by atoms with Gasteiger partial charge in [0.2, 0.25) is 5.95 Å². The van der Waals surface area contributed by atoms with Gasteiger partial charge in [0.15, 0.2) is 17.5 Å². The normalized spacial score (nSPS) is 10.4. The van der Waals surface area contributed by atoms with Crippen molar-refractivity contribution in [3.05, 3.63) is 41.3 Å². The second-order valence-electron chi connectivity index (χ2n) is 3.60. The van der Waals surface area contributed by atoms with E-state index in [1.807, 2.05) is 0 Å². The molecule has 0 saturated carbocycles. The van der Waals surface area contributed by atoms with Crippen molar-refractivity contribution in [1.82, 2.24) is 9.97 Å². The van der Waals surface area contributed by atoms with Gasteiger partial charge in [0.05, 0.1) is 6.20 Å². The van der Waals surface area contributed by atoms with E-state index in [0.717, 1.165) is 12.3 Å². The molecule has 1 aromatic carbocycles. The van der Waals surface area contributed by atoms with Crippen LogP contribution in [0.15, 0.2) is 18.3 Å². The molecule has 0 aliphatic heterocycles. The second-order valence-corrected chi connectivity index (χ2v) is 3.60. The third kappa shape index (κ3) is 2.20. The summed E-state index contributed by atoms with van der Waals surface area (Å²) in [5.74, 6) is -3.11. The summed E-state index contributed by atoms with van der Waals surface area (Å²) in [5, 5.41) is 2.23. The van der Waals surface area contributed by atoms with Crippen LogP contribution < -0.4 is 11.1 Å². The van der Waals surface area contributed by atoms with E-state index >= 15 is 0 Å². The quantitative estimate of drug-likeness (QED) is 0.864. The molecule has 4 nitrogen and oxygen atoms in total. The summed E-state index contributed by atoms with van der Waals surface area (Å²) in [6, 6.07) is 2.35. The van der Waals surface area contributed by atoms with E-state index in [9.17, 15) is 13.2 Å². The van der Waals surface area contributed by atoms with Gasteiger partial charge in [-0.3, -0.25) is 0 Å². The standard InChI is InChI=1S/C11H9F3N4/c1-5-2-3-6(12)9(8(5)14)17-10-7(13)4-16-11(15)18-10/h2-4H,1H3,(H3,15,16,17,18). The van der Waals surface area contributed by atoms with Crippen molar-refractivity contribution in [2.24, 2.45) is 0 Å². The molecule has 0 saturated heterocycles. The third-order valence-electron chi connectivity index (χ3n) is 2.29. The van der Waals surface area contributed by atoms with E-state index in [1.54, 1.807) is 0 Å². The van der Waals surface area contributed by atoms with Crippen LogP contribution >= 0.6 is 0 Å². The summed E-state index contributed by atoms with van der Waals surface area (Å²) in [6.07, 6.45) is 0.816. The molecule has 0 bridgehead atoms. The van der Waals surface area contributed by atoms with Crippen LogP contribution in [0, 0.1) is 24.4 Å². The SMILES string of the molecule is Cc1ccc(F)c(Nc2nc(N)ncc2F)c1F. The van der Waals surface area contributed by atoms with Gasteiger partial charge >= 0.3 is 0 Å². The van der Waals surface area contributed by atoms with Crippen molar-refractivity contribution in [2.75, 3.05) is 11.1 Å². The van der Waals surface area contributed by atoms with Crippen molar-refractivity contribution < 1.29 is 13.2 Å². The predicted molar refractivity (Wildman–Crippen MR) is 60.8 cm³/mol. The summed E-state index contributed by atoms with van der Waals surface area (Å²) in [6.45, 7) is 1.46. The van der Waals surface area contributed by atoms with Gasteiger partial charge in [-0.2, -0.15) is 4.98 Å². The fourth-order valence-electron chi connectivity index (χ4n) is 1.36. The fourth-order valence-corrected chi connectivity index (χ4v) is 1.36. The van der Waals surface area contributed by atoms with Gasteiger partial charge in [0, 0.05) is 0 Å². The van der Waals surface area contributed by atoms with Crippen LogP contribution in [0.3, 0.4) is 0 Å². The number of aromatic nitrogens is 2. The number of nitrogen functional groups attached to an aromatic ring is 1. The molecular formula is C11H9F3N4. The van der Waals surface area contributed by atoms with Crippen LogP contribution in [0.4, 0.5) is 30.6 Å². The number of halogens is 3. The number of benzene rings is 1. The largest absolute Gasteiger partial charge is 0.368 e. The molecule has 0 spiro atoms. The Labute approximate surface area is 101 Å². The molecule has 1 heterocycles. The zero-order valence-electron chi connectivity index (χ0n) is 9.34. The lowest BCUT2D eigenvalue weighted by molar-refractivity contribution is 0.582. The van der Waals surface area contributed by atoms with Gasteiger partial charge < -0.3 is 11.1 Å². The van der Waals surface area contributed by atoms with Gasteiger partial charge in [-0.25, -0.2) is 18.2 Å². The Morgan fingerprint density at radius 3 is 2.61 bits per heavy atom. The number of anilines is 3. The molecule has 0 unspecified atom stereocenters. The number of aryl methyl sites for hydroxylation is 1. The molecule has 0 radical (unpaired) electrons. The lowest BCUT2D eigenvalue weighted by atomic mass is 10.2. The Bertz CT molecular complexity index is 601. The van der Waals surface area contributed by atoms with Crippen LogP contribution in [-0.4, -0.2) is 9.97 Å². The summed E-state index contributed by atoms with van der Waals surface area (Å²) >= 11 is 0. The highest BCUT2D eigenvalue weighted by Gasteiger charge is 2.14. The van der Waals surface area contributed by atoms with Gasteiger partial charge in [0.1, 0.15) is 11.5 Å². The van der Waals surface area contributed by atoms with E-state index in [0.29, 0.717) is 0 Å². The van der Waals surface area contributed by atoms with E-state index < -0.39 is 23.1 Å². The van der Waals surface area contributed by atoms with Crippen LogP contribution in [0.1, 0.15) is 5.56 Å². The zero-order valence-corrected chi connectivity index (χ0v) is 9.34. The summed E-state index contributed by atoms with van der Waals surface area (Å²) in [4.78, 5) is 6.93. The molecule has 7 heteroatoms. The average Bonchev–Trinajstić information content (AvgIpc) is 2.34. The topological polar surface area (TPSA) is 63.8 Å². The van der Waals surface area contributed by atoms with E-state index in [-0.39, 0.29) is 17.3 Å². The van der Waals surface area contributed by atoms with Crippen LogP contribution in [0.25, 0.3) is 0 Å². The number of rotatable bonds is 2. The Kier molecular flexibility index (Phi) is 3.05. The smallest absolute Gasteiger partial charge is 0.222 e. The van der Waals surface area contributed by atoms with Gasteiger partial charge in [-0.1, -0.05) is 6.07 Å². The highest BCUT2D eigenvalue weighted by molar-refractivity contribution is 5.59. The van der Waals surface area contributed by atoms with Crippen LogP contribution in [0.2, 0.25) is 0 Å². The van der Waals surface area contributed by atoms with E-state index in [1.165, 1.54) is 13.0 Å². The van der Waals surface area contributed by atoms with Gasteiger partial charge in [-0.15, -0.1) is 0 Å². The molecule has 2 rings (SSSR count). The first-order valence-corrected chi connectivity index (χ1v) is 4.98. The van der Waals surface area contributed by atoms with Crippen molar-refractivity contribution in [3.8, 4) is 0 Å². The lowest BCUT2D eigenvalue weighted by Gasteiger charge is -2.10. The molecule has 0 fully saturated rings. The predicted octanol–water partition coefficient (Wildman–Crippen LogP) is 2.53. The number of hydrogen-bond donors (Lipinski definition) is 2. The van der Waals surface area contributed by atoms with Crippen molar-refractivity contribution in [1.29, 1.82) is 0 Å². The van der Waals surface area contributed by atoms with Crippen molar-refractivity contribution in [2.45, 2.75) is 6.92 Å². The second kappa shape index (κ2) is 4.52. The molecule has 0 atom stereocenters. The minimum absolute atomic E-state index is 0.202. The lowest BCUT2D eigenvalue weighted by Crippen LogP contribution is -2.05. The first kappa shape index (κ1) is 12.2. The molecule has 2 aromatic rings. The van der Waals surface area contributed by atoms with Crippen LogP contribution in [-0.2, 0) is 0 Å². The number of nitrogens with zero attached hydrogens (tertiary/aromatic N) is 2. The van der Waals surface area contributed by atoms with E-state index in [2.05, 4.69) is 15.3 Å². The van der Waals surface area contributed by atoms with Gasteiger partial charge in [0.25, 0.3) is 0 Å². The summed E-state index contributed by atoms with van der Waals surface area (Å²) < 4.78 is 40.5. The Balaban J connectivity index is 2.46. The number of hydrogen-bond acceptors (Lipinski definition) is 4. The van der Waals surface area contributed by atoms with Crippen molar-refractivity contribution >= 4 is 17.5 Å². The molecule has 0 aliphatic rings. The summed E-state index contributed by atoms with van der Waals surface area (Å²) in [7, 11) is 0. The molecule has 0 amide bonds. The van der Waals surface area contributed by atoms with Crippen LogP contribution in [0.5, 0.6) is 0 Å². The average molecular weight is 254 g/mol. The monoisotopic (exact) mass is 254 g/mol. The molecule has 0 aliphatic carbocycles. The molecule has 3 N–H and O–H groups in total. The number of nitrogens with two attached hydrogens (primary N) is 1. The maximum Gasteiger partial charge on any atom is 0.222 e. The first-order valence-electron chi connectivity index (χ1n) is 4.98. The maximum absolute atomic E-state index is 13.7. The van der Waals surface area contributed by atoms with Crippen molar-refractivity contribution in [3.63, 3.8) is 0 Å². The molecule has 94 valence electrons. The first-order chi connectivity index (χ1) is 8.49. The minimum Gasteiger partial charge on any atom is -0.368 e. The zero-order chi connectivity index (χ0) is 13.3. The number of nitrogens with one attached hydrogen (secondary N) is 1. The Morgan fingerprint density at radius 2 is 1.89 bits per heavy atom.